The van der Waals surface area contributed by atoms with Gasteiger partial charge in [-0.3, -0.25) is 0 Å². The Bertz CT molecular complexity index is 255. The Balaban J connectivity index is -0.0000000420. The molecule has 4 N–H and O–H groups in total. The van der Waals surface area contributed by atoms with Crippen molar-refractivity contribution >= 4 is 0 Å². The average molecular weight is 613 g/mol. The number of nitrogens with two attached hydrogens (primary N) is 1. The van der Waals surface area contributed by atoms with Crippen LogP contribution in [-0.2, 0) is 0 Å². The van der Waals surface area contributed by atoms with Gasteiger partial charge in [-0.05, 0) is 71.1 Å². The van der Waals surface area contributed by atoms with E-state index in [1.807, 2.05) is 20.8 Å². The minimum absolute atomic E-state index is 0.148. The molecule has 4 heteroatoms. The van der Waals surface area contributed by atoms with E-state index in [0.29, 0.717) is 12.5 Å². The van der Waals surface area contributed by atoms with E-state index in [9.17, 15) is 0 Å². The molecule has 270 valence electrons. The summed E-state index contributed by atoms with van der Waals surface area (Å²) >= 11 is 0. The summed E-state index contributed by atoms with van der Waals surface area (Å²) in [7, 11) is 4.17. The van der Waals surface area contributed by atoms with Crippen LogP contribution in [0.4, 0.5) is 0 Å². The molecule has 0 aromatic rings. The first-order chi connectivity index (χ1) is 19.5. The number of aliphatic hydroxyl groups is 2. The molecule has 0 rings (SSSR count). The van der Waals surface area contributed by atoms with Crippen LogP contribution in [0.1, 0.15) is 195 Å². The van der Waals surface area contributed by atoms with Crippen LogP contribution in [0.3, 0.4) is 0 Å². The first-order valence-electron chi connectivity index (χ1n) is 18.2. The molecule has 0 aromatic carbocycles. The zero-order valence-corrected chi connectivity index (χ0v) is 34.1. The Hall–Kier alpha value is -0.160. The second kappa shape index (κ2) is 77.9. The van der Waals surface area contributed by atoms with Gasteiger partial charge in [0.25, 0.3) is 0 Å². The van der Waals surface area contributed by atoms with Crippen LogP contribution >= 0.6 is 0 Å². The predicted molar refractivity (Wildman–Crippen MR) is 204 cm³/mol. The Labute approximate surface area is 273 Å². The Kier molecular flexibility index (Phi) is 120. The molecule has 42 heavy (non-hydrogen) atoms. The molecule has 0 spiro atoms. The van der Waals surface area contributed by atoms with Gasteiger partial charge in [0, 0.05) is 6.61 Å². The van der Waals surface area contributed by atoms with Gasteiger partial charge in [-0.1, -0.05) is 169 Å². The van der Waals surface area contributed by atoms with Crippen molar-refractivity contribution in [3.05, 3.63) is 0 Å². The molecular weight excluding hydrogens is 516 g/mol. The molecule has 0 aliphatic rings. The summed E-state index contributed by atoms with van der Waals surface area (Å²) in [6.45, 7) is 40.6. The second-order valence-electron chi connectivity index (χ2n) is 12.0. The summed E-state index contributed by atoms with van der Waals surface area (Å²) in [5, 5.41) is 16.5. The Morgan fingerprint density at radius 2 is 0.810 bits per heavy atom. The van der Waals surface area contributed by atoms with Crippen LogP contribution in [0.25, 0.3) is 0 Å². The number of hydrogen-bond donors (Lipinski definition) is 3. The molecule has 0 fully saturated rings. The summed E-state index contributed by atoms with van der Waals surface area (Å²) < 4.78 is 0. The van der Waals surface area contributed by atoms with Crippen molar-refractivity contribution in [2.24, 2.45) is 23.5 Å². The van der Waals surface area contributed by atoms with Crippen LogP contribution in [0, 0.1) is 17.8 Å². The lowest BCUT2D eigenvalue weighted by molar-refractivity contribution is 0.144. The lowest BCUT2D eigenvalue weighted by Crippen LogP contribution is -2.11. The van der Waals surface area contributed by atoms with Crippen molar-refractivity contribution in [1.82, 2.24) is 4.90 Å². The predicted octanol–water partition coefficient (Wildman–Crippen LogP) is 12.2. The molecule has 0 saturated heterocycles. The van der Waals surface area contributed by atoms with E-state index in [-0.39, 0.29) is 6.10 Å². The van der Waals surface area contributed by atoms with E-state index in [4.69, 9.17) is 15.9 Å². The summed E-state index contributed by atoms with van der Waals surface area (Å²) in [5.41, 5.74) is 5.03. The maximum Gasteiger partial charge on any atom is 0.0535 e. The molecule has 0 aliphatic heterocycles. The molecule has 1 unspecified atom stereocenters. The summed E-state index contributed by atoms with van der Waals surface area (Å²) in [5.74, 6) is 2.19. The van der Waals surface area contributed by atoms with Crippen LogP contribution in [-0.4, -0.2) is 55.0 Å². The molecule has 0 saturated carbocycles. The second-order valence-corrected chi connectivity index (χ2v) is 12.0. The lowest BCUT2D eigenvalue weighted by atomic mass is 10.1. The maximum absolute atomic E-state index is 8.63. The molecular formula is C38H96N2O2. The van der Waals surface area contributed by atoms with Crippen molar-refractivity contribution in [3.63, 3.8) is 0 Å². The van der Waals surface area contributed by atoms with Gasteiger partial charge in [0.2, 0.25) is 0 Å². The molecule has 0 aromatic heterocycles. The fourth-order valence-electron chi connectivity index (χ4n) is 1.02. The molecule has 0 heterocycles. The van der Waals surface area contributed by atoms with Crippen molar-refractivity contribution in [2.45, 2.75) is 201 Å². The van der Waals surface area contributed by atoms with Crippen molar-refractivity contribution in [2.75, 3.05) is 33.8 Å². The standard InChI is InChI=1S/C6H14.C5H13N.C5H12O.C5H12.2C4H10.C3H9N.C3H8O.C3H8/c2*1-4-5-6(2)3;1-4(2)5(3)6;1-4-5(2)3;2*1-3-4-2;2*1-2-3-4;1-3-2/h6H,4-5H2,1-3H3;4-5H2,1-3H3;4-6H,1-3H3;5H,4H2,1-3H3;2*3-4H2,1-2H3;2-4H2,1H3;4H,2-3H2,1H3;3H2,1-2H3. The maximum atomic E-state index is 8.63. The number of unbranched alkanes of at least 4 members (excludes halogenated alkanes) is 2. The SMILES string of the molecule is CC(C)C(C)O.CCC.CCC(C)C.CCCC.CCCC.CCCC(C)C.CCCN.CCCN(C)C.CCCO. The number of hydrogen-bond acceptors (Lipinski definition) is 4. The molecule has 0 amide bonds. The van der Waals surface area contributed by atoms with Crippen LogP contribution < -0.4 is 5.73 Å². The monoisotopic (exact) mass is 613 g/mol. The normalized spacial score (nSPS) is 9.50. The average Bonchev–Trinajstić information content (AvgIpc) is 2.94. The molecule has 0 bridgehead atoms. The highest BCUT2D eigenvalue weighted by atomic mass is 16.3. The molecule has 0 aliphatic carbocycles. The zero-order chi connectivity index (χ0) is 35.8. The fraction of sp³-hybridized carbons (Fsp3) is 1.00. The van der Waals surface area contributed by atoms with Gasteiger partial charge in [0.05, 0.1) is 6.10 Å². The Morgan fingerprint density at radius 3 is 0.810 bits per heavy atom. The minimum Gasteiger partial charge on any atom is -0.396 e. The van der Waals surface area contributed by atoms with Crippen LogP contribution in [0.5, 0.6) is 0 Å². The van der Waals surface area contributed by atoms with Gasteiger partial charge < -0.3 is 20.8 Å². The van der Waals surface area contributed by atoms with Crippen LogP contribution in [0.15, 0.2) is 0 Å². The van der Waals surface area contributed by atoms with E-state index < -0.39 is 0 Å². The summed E-state index contributed by atoms with van der Waals surface area (Å²) in [4.78, 5) is 2.18. The number of aliphatic hydroxyl groups excluding tert-OH is 2. The third kappa shape index (κ3) is 240. The van der Waals surface area contributed by atoms with Gasteiger partial charge in [0.1, 0.15) is 0 Å². The summed E-state index contributed by atoms with van der Waals surface area (Å²) in [6, 6.07) is 0. The van der Waals surface area contributed by atoms with E-state index in [1.54, 1.807) is 6.92 Å². The van der Waals surface area contributed by atoms with E-state index in [2.05, 4.69) is 116 Å². The quantitative estimate of drug-likeness (QED) is 0.229. The van der Waals surface area contributed by atoms with Gasteiger partial charge in [-0.15, -0.1) is 0 Å². The minimum atomic E-state index is -0.148. The molecule has 4 nitrogen and oxygen atoms in total. The van der Waals surface area contributed by atoms with Crippen LogP contribution in [0.2, 0.25) is 0 Å². The number of nitrogens with zero attached hydrogens (tertiary/aromatic N) is 1. The first-order valence-corrected chi connectivity index (χ1v) is 18.2. The van der Waals surface area contributed by atoms with Crippen molar-refractivity contribution < 1.29 is 10.2 Å². The van der Waals surface area contributed by atoms with E-state index in [0.717, 1.165) is 31.2 Å². The molecule has 1 atom stereocenters. The van der Waals surface area contributed by atoms with Gasteiger partial charge in [-0.25, -0.2) is 0 Å². The largest absolute Gasteiger partial charge is 0.396 e. The van der Waals surface area contributed by atoms with Gasteiger partial charge in [-0.2, -0.15) is 0 Å². The Morgan fingerprint density at radius 1 is 0.548 bits per heavy atom. The topological polar surface area (TPSA) is 69.7 Å². The highest BCUT2D eigenvalue weighted by Crippen LogP contribution is 2.00. The van der Waals surface area contributed by atoms with Crippen molar-refractivity contribution in [3.8, 4) is 0 Å². The van der Waals surface area contributed by atoms with Crippen molar-refractivity contribution in [1.29, 1.82) is 0 Å². The van der Waals surface area contributed by atoms with Gasteiger partial charge >= 0.3 is 0 Å². The highest BCUT2D eigenvalue weighted by Gasteiger charge is 1.97. The third-order valence-electron chi connectivity index (χ3n) is 4.83. The van der Waals surface area contributed by atoms with E-state index >= 15 is 0 Å². The highest BCUT2D eigenvalue weighted by molar-refractivity contribution is 4.48. The number of rotatable bonds is 10. The summed E-state index contributed by atoms with van der Waals surface area (Å²) in [6.07, 6.45) is 13.6. The molecule has 0 radical (unpaired) electrons. The van der Waals surface area contributed by atoms with Gasteiger partial charge in [0.15, 0.2) is 0 Å². The zero-order valence-electron chi connectivity index (χ0n) is 34.1. The fourth-order valence-corrected chi connectivity index (χ4v) is 1.02. The lowest BCUT2D eigenvalue weighted by Gasteiger charge is -2.04. The smallest absolute Gasteiger partial charge is 0.0535 e. The third-order valence-corrected chi connectivity index (χ3v) is 4.83. The first kappa shape index (κ1) is 64.7. The van der Waals surface area contributed by atoms with E-state index in [1.165, 1.54) is 64.3 Å².